The second-order valence-electron chi connectivity index (χ2n) is 5.44. The van der Waals surface area contributed by atoms with Gasteiger partial charge in [0.25, 0.3) is 0 Å². The third kappa shape index (κ3) is 4.99. The van der Waals surface area contributed by atoms with Crippen LogP contribution in [0.15, 0.2) is 40.8 Å². The van der Waals surface area contributed by atoms with E-state index in [1.54, 1.807) is 6.07 Å². The lowest BCUT2D eigenvalue weighted by Gasteiger charge is -2.16. The van der Waals surface area contributed by atoms with Crippen LogP contribution in [0.25, 0.3) is 0 Å². The highest BCUT2D eigenvalue weighted by atomic mass is 19.1. The molecule has 0 spiro atoms. The lowest BCUT2D eigenvalue weighted by molar-refractivity contribution is 0.142. The van der Waals surface area contributed by atoms with Crippen LogP contribution in [0.3, 0.4) is 0 Å². The van der Waals surface area contributed by atoms with Gasteiger partial charge in [0.1, 0.15) is 23.4 Å². The van der Waals surface area contributed by atoms with Crippen molar-refractivity contribution in [2.24, 2.45) is 0 Å². The Balaban J connectivity index is 1.72. The van der Waals surface area contributed by atoms with Crippen molar-refractivity contribution in [1.82, 2.24) is 5.32 Å². The van der Waals surface area contributed by atoms with E-state index in [1.165, 1.54) is 12.1 Å². The second-order valence-corrected chi connectivity index (χ2v) is 5.44. The molecule has 0 saturated heterocycles. The Morgan fingerprint density at radius 1 is 1.19 bits per heavy atom. The first-order valence-electron chi connectivity index (χ1n) is 7.27. The predicted molar refractivity (Wildman–Crippen MR) is 80.6 cm³/mol. The standard InChI is InChI=1S/C17H22FNO2/c1-12(3-5-14-6-8-15(18)9-7-14)19-11-16(20)17-10-4-13(2)21-17/h4,6-10,12,16,19-20H,3,5,11H2,1-2H3. The molecule has 1 aromatic carbocycles. The number of rotatable bonds is 7. The SMILES string of the molecule is Cc1ccc(C(O)CNC(C)CCc2ccc(F)cc2)o1. The van der Waals surface area contributed by atoms with Crippen LogP contribution in [-0.4, -0.2) is 17.7 Å². The van der Waals surface area contributed by atoms with E-state index >= 15 is 0 Å². The molecule has 114 valence electrons. The first-order chi connectivity index (χ1) is 10.0. The van der Waals surface area contributed by atoms with E-state index in [9.17, 15) is 9.50 Å². The van der Waals surface area contributed by atoms with E-state index < -0.39 is 6.10 Å². The maximum absolute atomic E-state index is 12.8. The van der Waals surface area contributed by atoms with Crippen molar-refractivity contribution in [1.29, 1.82) is 0 Å². The number of aliphatic hydroxyl groups is 1. The summed E-state index contributed by atoms with van der Waals surface area (Å²) in [7, 11) is 0. The quantitative estimate of drug-likeness (QED) is 0.822. The Kier molecular flexibility index (Phi) is 5.53. The molecule has 0 aliphatic rings. The van der Waals surface area contributed by atoms with Crippen LogP contribution in [0, 0.1) is 12.7 Å². The van der Waals surface area contributed by atoms with E-state index in [0.29, 0.717) is 12.3 Å². The Labute approximate surface area is 124 Å². The first-order valence-corrected chi connectivity index (χ1v) is 7.27. The molecular weight excluding hydrogens is 269 g/mol. The average Bonchev–Trinajstić information content (AvgIpc) is 2.91. The summed E-state index contributed by atoms with van der Waals surface area (Å²) in [5.41, 5.74) is 1.12. The molecule has 21 heavy (non-hydrogen) atoms. The van der Waals surface area contributed by atoms with Crippen molar-refractivity contribution in [3.05, 3.63) is 59.3 Å². The Bertz CT molecular complexity index is 550. The zero-order valence-corrected chi connectivity index (χ0v) is 12.5. The summed E-state index contributed by atoms with van der Waals surface area (Å²) in [6, 6.07) is 10.5. The number of furan rings is 1. The average molecular weight is 291 g/mol. The molecule has 0 fully saturated rings. The van der Waals surface area contributed by atoms with E-state index in [4.69, 9.17) is 4.42 Å². The van der Waals surface area contributed by atoms with Gasteiger partial charge in [-0.3, -0.25) is 0 Å². The number of aliphatic hydroxyl groups excluding tert-OH is 1. The zero-order chi connectivity index (χ0) is 15.2. The van der Waals surface area contributed by atoms with Gasteiger partial charge in [0.2, 0.25) is 0 Å². The van der Waals surface area contributed by atoms with E-state index in [1.807, 2.05) is 25.1 Å². The molecule has 1 aromatic heterocycles. The first kappa shape index (κ1) is 15.7. The highest BCUT2D eigenvalue weighted by molar-refractivity contribution is 5.16. The summed E-state index contributed by atoms with van der Waals surface area (Å²) >= 11 is 0. The minimum atomic E-state index is -0.632. The molecule has 0 bridgehead atoms. The Hall–Kier alpha value is -1.65. The van der Waals surface area contributed by atoms with E-state index in [2.05, 4.69) is 12.2 Å². The highest BCUT2D eigenvalue weighted by Crippen LogP contribution is 2.15. The monoisotopic (exact) mass is 291 g/mol. The van der Waals surface area contributed by atoms with Gasteiger partial charge in [0.05, 0.1) is 0 Å². The van der Waals surface area contributed by atoms with Gasteiger partial charge in [-0.2, -0.15) is 0 Å². The molecule has 0 aliphatic carbocycles. The van der Waals surface area contributed by atoms with Crippen molar-refractivity contribution in [3.63, 3.8) is 0 Å². The molecule has 2 aromatic rings. The van der Waals surface area contributed by atoms with Crippen molar-refractivity contribution < 1.29 is 13.9 Å². The van der Waals surface area contributed by atoms with E-state index in [-0.39, 0.29) is 11.9 Å². The van der Waals surface area contributed by atoms with Crippen LogP contribution in [-0.2, 0) is 6.42 Å². The topological polar surface area (TPSA) is 45.4 Å². The molecule has 2 N–H and O–H groups in total. The van der Waals surface area contributed by atoms with E-state index in [0.717, 1.165) is 24.2 Å². The molecular formula is C17H22FNO2. The van der Waals surface area contributed by atoms with Crippen molar-refractivity contribution in [2.45, 2.75) is 38.8 Å². The molecule has 2 rings (SSSR count). The number of hydrogen-bond donors (Lipinski definition) is 2. The number of hydrogen-bond acceptors (Lipinski definition) is 3. The number of aryl methyl sites for hydroxylation is 2. The molecule has 0 radical (unpaired) electrons. The van der Waals surface area contributed by atoms with Crippen LogP contribution < -0.4 is 5.32 Å². The fourth-order valence-electron chi connectivity index (χ4n) is 2.18. The normalized spacial score (nSPS) is 14.1. The van der Waals surface area contributed by atoms with Gasteiger partial charge in [0, 0.05) is 12.6 Å². The van der Waals surface area contributed by atoms with Gasteiger partial charge in [-0.15, -0.1) is 0 Å². The number of benzene rings is 1. The molecule has 2 unspecified atom stereocenters. The minimum Gasteiger partial charge on any atom is -0.464 e. The van der Waals surface area contributed by atoms with Gasteiger partial charge in [-0.05, 0) is 56.5 Å². The zero-order valence-electron chi connectivity index (χ0n) is 12.5. The van der Waals surface area contributed by atoms with Crippen LogP contribution in [0.2, 0.25) is 0 Å². The van der Waals surface area contributed by atoms with Gasteiger partial charge < -0.3 is 14.8 Å². The molecule has 0 saturated carbocycles. The van der Waals surface area contributed by atoms with Gasteiger partial charge >= 0.3 is 0 Å². The maximum Gasteiger partial charge on any atom is 0.133 e. The minimum absolute atomic E-state index is 0.207. The highest BCUT2D eigenvalue weighted by Gasteiger charge is 2.12. The van der Waals surface area contributed by atoms with Crippen LogP contribution in [0.4, 0.5) is 4.39 Å². The summed E-state index contributed by atoms with van der Waals surface area (Å²) in [5.74, 6) is 1.18. The van der Waals surface area contributed by atoms with Gasteiger partial charge in [-0.25, -0.2) is 4.39 Å². The molecule has 4 heteroatoms. The number of nitrogens with one attached hydrogen (secondary N) is 1. The van der Waals surface area contributed by atoms with Crippen molar-refractivity contribution in [2.75, 3.05) is 6.54 Å². The third-order valence-corrected chi connectivity index (χ3v) is 3.53. The summed E-state index contributed by atoms with van der Waals surface area (Å²) in [6.07, 6.45) is 1.17. The van der Waals surface area contributed by atoms with Gasteiger partial charge in [0.15, 0.2) is 0 Å². The molecule has 0 amide bonds. The molecule has 2 atom stereocenters. The van der Waals surface area contributed by atoms with Crippen molar-refractivity contribution in [3.8, 4) is 0 Å². The molecule has 0 aliphatic heterocycles. The summed E-state index contributed by atoms with van der Waals surface area (Å²) < 4.78 is 18.2. The smallest absolute Gasteiger partial charge is 0.133 e. The van der Waals surface area contributed by atoms with Crippen LogP contribution >= 0.6 is 0 Å². The number of halogens is 1. The fourth-order valence-corrected chi connectivity index (χ4v) is 2.18. The lowest BCUT2D eigenvalue weighted by Crippen LogP contribution is -2.30. The van der Waals surface area contributed by atoms with Crippen molar-refractivity contribution >= 4 is 0 Å². The third-order valence-electron chi connectivity index (χ3n) is 3.53. The molecule has 1 heterocycles. The largest absolute Gasteiger partial charge is 0.464 e. The van der Waals surface area contributed by atoms with Crippen LogP contribution in [0.1, 0.15) is 36.5 Å². The lowest BCUT2D eigenvalue weighted by atomic mass is 10.1. The summed E-state index contributed by atoms with van der Waals surface area (Å²) in [6.45, 7) is 4.39. The second kappa shape index (κ2) is 7.38. The van der Waals surface area contributed by atoms with Crippen LogP contribution in [0.5, 0.6) is 0 Å². The predicted octanol–water partition coefficient (Wildman–Crippen LogP) is 3.37. The summed E-state index contributed by atoms with van der Waals surface area (Å²) in [5, 5.41) is 13.3. The molecule has 3 nitrogen and oxygen atoms in total. The fraction of sp³-hybridized carbons (Fsp3) is 0.412. The summed E-state index contributed by atoms with van der Waals surface area (Å²) in [4.78, 5) is 0. The Morgan fingerprint density at radius 2 is 1.90 bits per heavy atom. The maximum atomic E-state index is 12.8. The van der Waals surface area contributed by atoms with Gasteiger partial charge in [-0.1, -0.05) is 12.1 Å². The Morgan fingerprint density at radius 3 is 2.52 bits per heavy atom.